The molecule has 1 heterocycles. The zero-order valence-electron chi connectivity index (χ0n) is 14.9. The molecule has 26 heavy (non-hydrogen) atoms. The molecule has 134 valence electrons. The first-order valence-electron chi connectivity index (χ1n) is 8.32. The fourth-order valence-corrected chi connectivity index (χ4v) is 2.94. The predicted octanol–water partition coefficient (Wildman–Crippen LogP) is 3.75. The lowest BCUT2D eigenvalue weighted by Crippen LogP contribution is -2.23. The summed E-state index contributed by atoms with van der Waals surface area (Å²) in [4.78, 5) is 16.7. The molecule has 0 aliphatic rings. The lowest BCUT2D eigenvalue weighted by Gasteiger charge is -2.15. The van der Waals surface area contributed by atoms with Gasteiger partial charge in [0.05, 0.1) is 18.4 Å². The molecular formula is C20H20FN3O2. The number of nitrogens with zero attached hydrogens (tertiary/aromatic N) is 2. The molecule has 1 aromatic heterocycles. The van der Waals surface area contributed by atoms with Gasteiger partial charge in [0.15, 0.2) is 0 Å². The van der Waals surface area contributed by atoms with E-state index in [1.165, 1.54) is 19.2 Å². The topological polar surface area (TPSA) is 56.2 Å². The highest BCUT2D eigenvalue weighted by Crippen LogP contribution is 2.32. The normalized spacial score (nSPS) is 10.6. The van der Waals surface area contributed by atoms with Gasteiger partial charge >= 0.3 is 0 Å². The van der Waals surface area contributed by atoms with Gasteiger partial charge in [0, 0.05) is 24.5 Å². The lowest BCUT2D eigenvalue weighted by atomic mass is 10.1. The Morgan fingerprint density at radius 2 is 2.12 bits per heavy atom. The second kappa shape index (κ2) is 7.39. The van der Waals surface area contributed by atoms with Gasteiger partial charge in [0.25, 0.3) is 5.91 Å². The van der Waals surface area contributed by atoms with Crippen LogP contribution in [0.5, 0.6) is 5.75 Å². The molecule has 0 fully saturated rings. The van der Waals surface area contributed by atoms with Gasteiger partial charge in [-0.3, -0.25) is 9.36 Å². The molecule has 0 aliphatic heterocycles. The van der Waals surface area contributed by atoms with Gasteiger partial charge in [-0.25, -0.2) is 9.37 Å². The van der Waals surface area contributed by atoms with Crippen LogP contribution in [-0.4, -0.2) is 29.1 Å². The van der Waals surface area contributed by atoms with Crippen molar-refractivity contribution >= 4 is 5.91 Å². The third-order valence-electron chi connectivity index (χ3n) is 4.19. The average Bonchev–Trinajstić information content (AvgIpc) is 3.11. The summed E-state index contributed by atoms with van der Waals surface area (Å²) in [5, 5.41) is 2.81. The molecule has 0 atom stereocenters. The summed E-state index contributed by atoms with van der Waals surface area (Å²) in [6.45, 7) is 4.31. The zero-order chi connectivity index (χ0) is 18.7. The fraction of sp³-hybridized carbons (Fsp3) is 0.200. The summed E-state index contributed by atoms with van der Waals surface area (Å²) in [6, 6.07) is 9.80. The van der Waals surface area contributed by atoms with Gasteiger partial charge in [0.1, 0.15) is 17.4 Å². The SMILES string of the molecule is CCNC(=O)c1cccc(-n2ccnc2-c2cc(F)ccc2OC)c1C. The molecule has 3 rings (SSSR count). The third-order valence-corrected chi connectivity index (χ3v) is 4.19. The van der Waals surface area contributed by atoms with Crippen LogP contribution in [-0.2, 0) is 0 Å². The van der Waals surface area contributed by atoms with E-state index in [1.807, 2.05) is 30.5 Å². The summed E-state index contributed by atoms with van der Waals surface area (Å²) in [7, 11) is 1.53. The minimum absolute atomic E-state index is 0.128. The molecule has 3 aromatic rings. The lowest BCUT2D eigenvalue weighted by molar-refractivity contribution is 0.0955. The summed E-state index contributed by atoms with van der Waals surface area (Å²) in [5.41, 5.74) is 2.75. The zero-order valence-corrected chi connectivity index (χ0v) is 14.9. The number of benzene rings is 2. The molecule has 0 saturated heterocycles. The molecule has 1 amide bonds. The Morgan fingerprint density at radius 3 is 2.85 bits per heavy atom. The molecule has 2 aromatic carbocycles. The van der Waals surface area contributed by atoms with Crippen LogP contribution >= 0.6 is 0 Å². The number of halogens is 1. The third kappa shape index (κ3) is 3.18. The van der Waals surface area contributed by atoms with Crippen molar-refractivity contribution in [1.82, 2.24) is 14.9 Å². The van der Waals surface area contributed by atoms with Gasteiger partial charge in [0.2, 0.25) is 0 Å². The van der Waals surface area contributed by atoms with Crippen molar-refractivity contribution < 1.29 is 13.9 Å². The Hall–Kier alpha value is -3.15. The minimum Gasteiger partial charge on any atom is -0.496 e. The number of ether oxygens (including phenoxy) is 1. The van der Waals surface area contributed by atoms with E-state index in [2.05, 4.69) is 10.3 Å². The van der Waals surface area contributed by atoms with E-state index in [0.717, 1.165) is 11.3 Å². The van der Waals surface area contributed by atoms with Crippen molar-refractivity contribution in [2.75, 3.05) is 13.7 Å². The minimum atomic E-state index is -0.372. The molecule has 6 heteroatoms. The van der Waals surface area contributed by atoms with Crippen LogP contribution in [0.4, 0.5) is 4.39 Å². The average molecular weight is 353 g/mol. The van der Waals surface area contributed by atoms with Crippen molar-refractivity contribution in [2.45, 2.75) is 13.8 Å². The number of aromatic nitrogens is 2. The van der Waals surface area contributed by atoms with E-state index in [-0.39, 0.29) is 11.7 Å². The number of carbonyl (C=O) groups excluding carboxylic acids is 1. The van der Waals surface area contributed by atoms with Crippen LogP contribution in [0.15, 0.2) is 48.8 Å². The van der Waals surface area contributed by atoms with Gasteiger partial charge in [-0.2, -0.15) is 0 Å². The molecule has 0 saturated carbocycles. The Bertz CT molecular complexity index is 950. The van der Waals surface area contributed by atoms with Gasteiger partial charge in [-0.05, 0) is 49.7 Å². The maximum absolute atomic E-state index is 13.8. The van der Waals surface area contributed by atoms with Gasteiger partial charge in [-0.1, -0.05) is 6.07 Å². The Kier molecular flexibility index (Phi) is 5.02. The first kappa shape index (κ1) is 17.7. The first-order valence-corrected chi connectivity index (χ1v) is 8.32. The Balaban J connectivity index is 2.15. The van der Waals surface area contributed by atoms with Crippen molar-refractivity contribution in [1.29, 1.82) is 0 Å². The van der Waals surface area contributed by atoms with Crippen LogP contribution in [0.25, 0.3) is 17.1 Å². The number of rotatable bonds is 5. The van der Waals surface area contributed by atoms with Crippen molar-refractivity contribution in [3.05, 3.63) is 65.7 Å². The van der Waals surface area contributed by atoms with E-state index in [4.69, 9.17) is 4.74 Å². The number of methoxy groups -OCH3 is 1. The van der Waals surface area contributed by atoms with Crippen LogP contribution in [0.3, 0.4) is 0 Å². The standard InChI is InChI=1S/C20H20FN3O2/c1-4-22-20(25)15-6-5-7-17(13(15)2)24-11-10-23-19(24)16-12-14(21)8-9-18(16)26-3/h5-12H,4H2,1-3H3,(H,22,25). The summed E-state index contributed by atoms with van der Waals surface area (Å²) in [5.74, 6) is 0.564. The van der Waals surface area contributed by atoms with Crippen LogP contribution in [0, 0.1) is 12.7 Å². The Labute approximate surface area is 151 Å². The highest BCUT2D eigenvalue weighted by atomic mass is 19.1. The smallest absolute Gasteiger partial charge is 0.251 e. The number of imidazole rings is 1. The largest absolute Gasteiger partial charge is 0.496 e. The van der Waals surface area contributed by atoms with E-state index in [0.29, 0.717) is 29.2 Å². The number of hydrogen-bond donors (Lipinski definition) is 1. The molecule has 0 radical (unpaired) electrons. The second-order valence-corrected chi connectivity index (χ2v) is 5.77. The highest BCUT2D eigenvalue weighted by Gasteiger charge is 2.17. The number of carbonyl (C=O) groups is 1. The quantitative estimate of drug-likeness (QED) is 0.760. The summed E-state index contributed by atoms with van der Waals surface area (Å²) in [6.07, 6.45) is 3.42. The van der Waals surface area contributed by atoms with E-state index < -0.39 is 0 Å². The monoisotopic (exact) mass is 353 g/mol. The summed E-state index contributed by atoms with van der Waals surface area (Å²) < 4.78 is 21.0. The fourth-order valence-electron chi connectivity index (χ4n) is 2.94. The maximum Gasteiger partial charge on any atom is 0.251 e. The van der Waals surface area contributed by atoms with Crippen molar-refractivity contribution in [3.63, 3.8) is 0 Å². The second-order valence-electron chi connectivity index (χ2n) is 5.77. The van der Waals surface area contributed by atoms with Crippen molar-refractivity contribution in [2.24, 2.45) is 0 Å². The molecule has 0 spiro atoms. The number of hydrogen-bond acceptors (Lipinski definition) is 3. The molecule has 0 unspecified atom stereocenters. The van der Waals surface area contributed by atoms with E-state index >= 15 is 0 Å². The molecule has 5 nitrogen and oxygen atoms in total. The van der Waals surface area contributed by atoms with E-state index in [9.17, 15) is 9.18 Å². The van der Waals surface area contributed by atoms with Crippen LogP contribution < -0.4 is 10.1 Å². The number of nitrogens with one attached hydrogen (secondary N) is 1. The molecular weight excluding hydrogens is 333 g/mol. The highest BCUT2D eigenvalue weighted by molar-refractivity contribution is 5.96. The molecule has 0 bridgehead atoms. The van der Waals surface area contributed by atoms with E-state index in [1.54, 1.807) is 24.5 Å². The number of amides is 1. The van der Waals surface area contributed by atoms with Gasteiger partial charge < -0.3 is 10.1 Å². The first-order chi connectivity index (χ1) is 12.6. The maximum atomic E-state index is 13.8. The Morgan fingerprint density at radius 1 is 1.31 bits per heavy atom. The molecule has 0 aliphatic carbocycles. The van der Waals surface area contributed by atoms with Crippen LogP contribution in [0.2, 0.25) is 0 Å². The van der Waals surface area contributed by atoms with Crippen LogP contribution in [0.1, 0.15) is 22.8 Å². The molecule has 1 N–H and O–H groups in total. The van der Waals surface area contributed by atoms with Gasteiger partial charge in [-0.15, -0.1) is 0 Å². The summed E-state index contributed by atoms with van der Waals surface area (Å²) >= 11 is 0. The van der Waals surface area contributed by atoms with Crippen molar-refractivity contribution in [3.8, 4) is 22.8 Å². The predicted molar refractivity (Wildman–Crippen MR) is 98.3 cm³/mol.